The Bertz CT molecular complexity index is 1120. The number of ether oxygens (including phenoxy) is 1. The molecule has 0 spiro atoms. The topological polar surface area (TPSA) is 80.2 Å². The minimum absolute atomic E-state index is 0.0935. The van der Waals surface area contributed by atoms with E-state index in [1.54, 1.807) is 31.6 Å². The normalized spacial score (nSPS) is 10.4. The lowest BCUT2D eigenvalue weighted by molar-refractivity contribution is -0.120. The molecule has 0 fully saturated rings. The summed E-state index contributed by atoms with van der Waals surface area (Å²) in [4.78, 5) is 18.0. The summed E-state index contributed by atoms with van der Waals surface area (Å²) in [7, 11) is 1.71. The first-order chi connectivity index (χ1) is 14.7. The van der Waals surface area contributed by atoms with E-state index in [0.717, 1.165) is 16.9 Å². The van der Waals surface area contributed by atoms with Crippen molar-refractivity contribution >= 4 is 33.8 Å². The van der Waals surface area contributed by atoms with E-state index in [1.165, 1.54) is 16.2 Å². The first-order valence-corrected chi connectivity index (χ1v) is 10.1. The number of nitrogens with zero attached hydrogens (tertiary/aromatic N) is 4. The minimum Gasteiger partial charge on any atom is -0.483 e. The number of pyridine rings is 1. The van der Waals surface area contributed by atoms with Crippen LogP contribution in [0.5, 0.6) is 5.75 Å². The van der Waals surface area contributed by atoms with Gasteiger partial charge in [0, 0.05) is 30.8 Å². The van der Waals surface area contributed by atoms with Crippen molar-refractivity contribution in [1.82, 2.24) is 15.2 Å². The van der Waals surface area contributed by atoms with E-state index in [0.29, 0.717) is 15.9 Å². The molecule has 2 aromatic heterocycles. The molecule has 2 aromatic carbocycles. The Kier molecular flexibility index (Phi) is 5.95. The van der Waals surface area contributed by atoms with E-state index in [-0.39, 0.29) is 12.5 Å². The summed E-state index contributed by atoms with van der Waals surface area (Å²) in [6.45, 7) is -0.0935. The molecule has 0 aliphatic heterocycles. The number of hydrogen-bond donors (Lipinski definition) is 1. The van der Waals surface area contributed by atoms with Crippen molar-refractivity contribution in [2.45, 2.75) is 0 Å². The Hall–Kier alpha value is -3.78. The minimum atomic E-state index is -0.167. The fourth-order valence-corrected chi connectivity index (χ4v) is 3.54. The Morgan fingerprint density at radius 3 is 2.53 bits per heavy atom. The van der Waals surface area contributed by atoms with Crippen molar-refractivity contribution in [2.75, 3.05) is 23.9 Å². The summed E-state index contributed by atoms with van der Waals surface area (Å²) in [5.74, 6) is 0.413. The van der Waals surface area contributed by atoms with Gasteiger partial charge in [0.25, 0.3) is 5.91 Å². The van der Waals surface area contributed by atoms with Gasteiger partial charge in [-0.1, -0.05) is 41.7 Å². The molecular formula is C22H19N5O2S. The number of rotatable bonds is 7. The molecule has 30 heavy (non-hydrogen) atoms. The fraction of sp³-hybridized carbons (Fsp3) is 0.0909. The van der Waals surface area contributed by atoms with Crippen LogP contribution < -0.4 is 15.0 Å². The van der Waals surface area contributed by atoms with Gasteiger partial charge in [0.1, 0.15) is 5.75 Å². The lowest BCUT2D eigenvalue weighted by atomic mass is 10.2. The van der Waals surface area contributed by atoms with Crippen LogP contribution in [0, 0.1) is 0 Å². The van der Waals surface area contributed by atoms with E-state index in [4.69, 9.17) is 4.74 Å². The third-order valence-electron chi connectivity index (χ3n) is 4.34. The van der Waals surface area contributed by atoms with Crippen LogP contribution in [0.15, 0.2) is 79.1 Å². The van der Waals surface area contributed by atoms with Crippen molar-refractivity contribution in [2.24, 2.45) is 0 Å². The van der Waals surface area contributed by atoms with Crippen LogP contribution in [0.1, 0.15) is 0 Å². The Morgan fingerprint density at radius 2 is 1.73 bits per heavy atom. The second-order valence-corrected chi connectivity index (χ2v) is 7.32. The van der Waals surface area contributed by atoms with Crippen LogP contribution in [0.2, 0.25) is 0 Å². The number of hydrogen-bond acceptors (Lipinski definition) is 7. The molecule has 0 unspecified atom stereocenters. The van der Waals surface area contributed by atoms with Gasteiger partial charge in [0.2, 0.25) is 5.13 Å². The second-order valence-electron chi connectivity index (χ2n) is 6.35. The number of carbonyl (C=O) groups excluding carboxylic acids is 1. The highest BCUT2D eigenvalue weighted by Gasteiger charge is 2.15. The fourth-order valence-electron chi connectivity index (χ4n) is 2.74. The third-order valence-corrected chi connectivity index (χ3v) is 5.21. The molecule has 0 atom stereocenters. The number of carbonyl (C=O) groups is 1. The zero-order valence-electron chi connectivity index (χ0n) is 16.2. The monoisotopic (exact) mass is 417 g/mol. The van der Waals surface area contributed by atoms with Gasteiger partial charge in [-0.3, -0.25) is 9.78 Å². The third kappa shape index (κ3) is 4.61. The van der Waals surface area contributed by atoms with Gasteiger partial charge in [0.05, 0.1) is 5.56 Å². The molecule has 0 aliphatic rings. The summed E-state index contributed by atoms with van der Waals surface area (Å²) in [6, 6.07) is 20.8. The highest BCUT2D eigenvalue weighted by molar-refractivity contribution is 7.18. The molecule has 0 aliphatic carbocycles. The maximum Gasteiger partial charge on any atom is 0.264 e. The first-order valence-electron chi connectivity index (χ1n) is 9.25. The van der Waals surface area contributed by atoms with E-state index in [1.807, 2.05) is 54.6 Å². The second kappa shape index (κ2) is 9.15. The predicted molar refractivity (Wildman–Crippen MR) is 118 cm³/mol. The van der Waals surface area contributed by atoms with Crippen LogP contribution in [0.25, 0.3) is 10.6 Å². The molecule has 0 radical (unpaired) electrons. The number of nitrogens with one attached hydrogen (secondary N) is 1. The molecule has 1 amide bonds. The number of anilines is 3. The van der Waals surface area contributed by atoms with Crippen LogP contribution in [0.4, 0.5) is 16.5 Å². The summed E-state index contributed by atoms with van der Waals surface area (Å²) in [5.41, 5.74) is 2.48. The van der Waals surface area contributed by atoms with Gasteiger partial charge < -0.3 is 15.0 Å². The number of benzene rings is 2. The quantitative estimate of drug-likeness (QED) is 0.481. The Balaban J connectivity index is 1.46. The maximum absolute atomic E-state index is 12.5. The maximum atomic E-state index is 12.5. The van der Waals surface area contributed by atoms with E-state index >= 15 is 0 Å². The number of aromatic nitrogens is 3. The Morgan fingerprint density at radius 1 is 1.00 bits per heavy atom. The number of amides is 1. The highest BCUT2D eigenvalue weighted by Crippen LogP contribution is 2.34. The molecule has 4 aromatic rings. The summed E-state index contributed by atoms with van der Waals surface area (Å²) >= 11 is 1.42. The standard InChI is InChI=1S/C22H19N5O2S/c1-27(17-11-13-23-14-12-17)20(28)15-29-19-10-6-5-9-18(19)21-25-26-22(30-21)24-16-7-3-2-4-8-16/h2-14H,15H2,1H3,(H,24,26). The molecule has 0 saturated heterocycles. The van der Waals surface area contributed by atoms with E-state index in [9.17, 15) is 4.79 Å². The van der Waals surface area contributed by atoms with Crippen molar-refractivity contribution in [1.29, 1.82) is 0 Å². The zero-order chi connectivity index (χ0) is 20.8. The molecule has 8 heteroatoms. The molecule has 7 nitrogen and oxygen atoms in total. The molecular weight excluding hydrogens is 398 g/mol. The molecule has 2 heterocycles. The largest absolute Gasteiger partial charge is 0.483 e. The van der Waals surface area contributed by atoms with Gasteiger partial charge in [0.15, 0.2) is 11.6 Å². The van der Waals surface area contributed by atoms with Crippen molar-refractivity contribution < 1.29 is 9.53 Å². The molecule has 1 N–H and O–H groups in total. The van der Waals surface area contributed by atoms with Crippen molar-refractivity contribution in [3.63, 3.8) is 0 Å². The van der Waals surface area contributed by atoms with Crippen LogP contribution in [0.3, 0.4) is 0 Å². The zero-order valence-corrected chi connectivity index (χ0v) is 17.0. The van der Waals surface area contributed by atoms with E-state index in [2.05, 4.69) is 20.5 Å². The summed E-state index contributed by atoms with van der Waals surface area (Å²) in [5, 5.41) is 13.1. The lowest BCUT2D eigenvalue weighted by Gasteiger charge is -2.17. The van der Waals surface area contributed by atoms with Crippen LogP contribution in [-0.2, 0) is 4.79 Å². The molecule has 150 valence electrons. The molecule has 0 bridgehead atoms. The number of likely N-dealkylation sites (N-methyl/N-ethyl adjacent to an activating group) is 1. The van der Waals surface area contributed by atoms with Gasteiger partial charge in [-0.2, -0.15) is 0 Å². The average molecular weight is 417 g/mol. The first kappa shape index (κ1) is 19.5. The SMILES string of the molecule is CN(C(=O)COc1ccccc1-c1nnc(Nc2ccccc2)s1)c1ccncc1. The summed E-state index contributed by atoms with van der Waals surface area (Å²) in [6.07, 6.45) is 3.29. The highest BCUT2D eigenvalue weighted by atomic mass is 32.1. The predicted octanol–water partition coefficient (Wildman–Crippen LogP) is 4.39. The summed E-state index contributed by atoms with van der Waals surface area (Å²) < 4.78 is 5.84. The van der Waals surface area contributed by atoms with Gasteiger partial charge >= 0.3 is 0 Å². The van der Waals surface area contributed by atoms with Gasteiger partial charge in [-0.05, 0) is 36.4 Å². The number of para-hydroxylation sites is 2. The smallest absolute Gasteiger partial charge is 0.264 e. The van der Waals surface area contributed by atoms with Crippen molar-refractivity contribution in [3.8, 4) is 16.3 Å². The van der Waals surface area contributed by atoms with Crippen LogP contribution in [-0.4, -0.2) is 34.7 Å². The van der Waals surface area contributed by atoms with Crippen molar-refractivity contribution in [3.05, 3.63) is 79.1 Å². The van der Waals surface area contributed by atoms with E-state index < -0.39 is 0 Å². The Labute approximate surface area is 178 Å². The van der Waals surface area contributed by atoms with Gasteiger partial charge in [-0.25, -0.2) is 0 Å². The van der Waals surface area contributed by atoms with Crippen LogP contribution >= 0.6 is 11.3 Å². The molecule has 4 rings (SSSR count). The molecule has 0 saturated carbocycles. The lowest BCUT2D eigenvalue weighted by Crippen LogP contribution is -2.31. The average Bonchev–Trinajstić information content (AvgIpc) is 3.26. The van der Waals surface area contributed by atoms with Gasteiger partial charge in [-0.15, -0.1) is 10.2 Å².